The SMILES string of the molecule is CC(C)CC(CO)Nc1nc(Cl)ccc1[N+](=O)[O-]. The van der Waals surface area contributed by atoms with Gasteiger partial charge in [-0.25, -0.2) is 4.98 Å². The van der Waals surface area contributed by atoms with Crippen molar-refractivity contribution in [3.8, 4) is 0 Å². The molecule has 0 aliphatic carbocycles. The molecule has 0 aliphatic rings. The third kappa shape index (κ3) is 4.12. The molecule has 1 heterocycles. The first kappa shape index (κ1) is 14.7. The fraction of sp³-hybridized carbons (Fsp3) is 0.545. The van der Waals surface area contributed by atoms with Crippen LogP contribution in [0.5, 0.6) is 0 Å². The number of aliphatic hydroxyl groups is 1. The van der Waals surface area contributed by atoms with Gasteiger partial charge in [-0.05, 0) is 18.4 Å². The van der Waals surface area contributed by atoms with Gasteiger partial charge in [0, 0.05) is 6.07 Å². The fourth-order valence-corrected chi connectivity index (χ4v) is 1.77. The molecule has 0 aliphatic heterocycles. The first-order chi connectivity index (χ1) is 8.43. The van der Waals surface area contributed by atoms with Crippen molar-refractivity contribution in [2.75, 3.05) is 11.9 Å². The van der Waals surface area contributed by atoms with Gasteiger partial charge < -0.3 is 10.4 Å². The third-order valence-corrected chi connectivity index (χ3v) is 2.56. The van der Waals surface area contributed by atoms with E-state index in [1.807, 2.05) is 13.8 Å². The van der Waals surface area contributed by atoms with Crippen molar-refractivity contribution in [1.82, 2.24) is 4.98 Å². The normalized spacial score (nSPS) is 12.5. The van der Waals surface area contributed by atoms with Gasteiger partial charge in [0.05, 0.1) is 17.6 Å². The molecule has 1 unspecified atom stereocenters. The lowest BCUT2D eigenvalue weighted by molar-refractivity contribution is -0.384. The molecule has 0 fully saturated rings. The quantitative estimate of drug-likeness (QED) is 0.472. The van der Waals surface area contributed by atoms with Crippen molar-refractivity contribution in [2.24, 2.45) is 5.92 Å². The van der Waals surface area contributed by atoms with Gasteiger partial charge >= 0.3 is 5.69 Å². The van der Waals surface area contributed by atoms with Crippen LogP contribution in [0.15, 0.2) is 12.1 Å². The van der Waals surface area contributed by atoms with Gasteiger partial charge in [-0.3, -0.25) is 10.1 Å². The van der Waals surface area contributed by atoms with Crippen LogP contribution in [0.25, 0.3) is 0 Å². The zero-order valence-electron chi connectivity index (χ0n) is 10.3. The number of nitrogens with zero attached hydrogens (tertiary/aromatic N) is 2. The Morgan fingerprint density at radius 1 is 1.56 bits per heavy atom. The lowest BCUT2D eigenvalue weighted by Gasteiger charge is -2.18. The average molecular weight is 274 g/mol. The molecule has 0 radical (unpaired) electrons. The van der Waals surface area contributed by atoms with Crippen molar-refractivity contribution in [1.29, 1.82) is 0 Å². The van der Waals surface area contributed by atoms with E-state index in [-0.39, 0.29) is 29.3 Å². The van der Waals surface area contributed by atoms with Gasteiger partial charge in [0.25, 0.3) is 0 Å². The number of aromatic nitrogens is 1. The number of halogens is 1. The van der Waals surface area contributed by atoms with Crippen molar-refractivity contribution < 1.29 is 10.0 Å². The largest absolute Gasteiger partial charge is 0.394 e. The Morgan fingerprint density at radius 3 is 2.72 bits per heavy atom. The van der Waals surface area contributed by atoms with E-state index in [0.29, 0.717) is 12.3 Å². The number of aliphatic hydroxyl groups excluding tert-OH is 1. The summed E-state index contributed by atoms with van der Waals surface area (Å²) < 4.78 is 0. The Balaban J connectivity index is 2.93. The van der Waals surface area contributed by atoms with Crippen LogP contribution in [-0.2, 0) is 0 Å². The number of nitrogens with one attached hydrogen (secondary N) is 1. The van der Waals surface area contributed by atoms with Crippen LogP contribution in [0.3, 0.4) is 0 Å². The summed E-state index contributed by atoms with van der Waals surface area (Å²) in [5.41, 5.74) is -0.151. The highest BCUT2D eigenvalue weighted by molar-refractivity contribution is 6.29. The molecule has 18 heavy (non-hydrogen) atoms. The summed E-state index contributed by atoms with van der Waals surface area (Å²) in [4.78, 5) is 14.2. The Bertz CT molecular complexity index is 426. The molecule has 0 saturated heterocycles. The van der Waals surface area contributed by atoms with Gasteiger partial charge in [0.1, 0.15) is 5.15 Å². The summed E-state index contributed by atoms with van der Waals surface area (Å²) in [5.74, 6) is 0.445. The second kappa shape index (κ2) is 6.51. The van der Waals surface area contributed by atoms with Gasteiger partial charge in [0.15, 0.2) is 0 Å². The average Bonchev–Trinajstić information content (AvgIpc) is 2.27. The van der Waals surface area contributed by atoms with Crippen LogP contribution in [-0.4, -0.2) is 27.7 Å². The van der Waals surface area contributed by atoms with Crippen molar-refractivity contribution in [3.05, 3.63) is 27.4 Å². The Kier molecular flexibility index (Phi) is 5.30. The highest BCUT2D eigenvalue weighted by Gasteiger charge is 2.19. The number of nitro groups is 1. The van der Waals surface area contributed by atoms with E-state index in [0.717, 1.165) is 0 Å². The van der Waals surface area contributed by atoms with E-state index in [1.54, 1.807) is 0 Å². The molecule has 6 nitrogen and oxygen atoms in total. The summed E-state index contributed by atoms with van der Waals surface area (Å²) in [7, 11) is 0. The smallest absolute Gasteiger partial charge is 0.311 e. The van der Waals surface area contributed by atoms with Crippen LogP contribution in [0.4, 0.5) is 11.5 Å². The van der Waals surface area contributed by atoms with Crippen LogP contribution < -0.4 is 5.32 Å². The Labute approximate surface area is 110 Å². The molecular formula is C11H16ClN3O3. The summed E-state index contributed by atoms with van der Waals surface area (Å²) in [6.45, 7) is 3.89. The molecule has 0 amide bonds. The van der Waals surface area contributed by atoms with Crippen molar-refractivity contribution >= 4 is 23.1 Å². The fourth-order valence-electron chi connectivity index (χ4n) is 1.62. The lowest BCUT2D eigenvalue weighted by atomic mass is 10.0. The van der Waals surface area contributed by atoms with Crippen LogP contribution in [0, 0.1) is 16.0 Å². The molecule has 2 N–H and O–H groups in total. The third-order valence-electron chi connectivity index (χ3n) is 2.35. The molecule has 1 aromatic heterocycles. The monoisotopic (exact) mass is 273 g/mol. The molecule has 100 valence electrons. The second-order valence-corrected chi connectivity index (χ2v) is 4.80. The van der Waals surface area contributed by atoms with E-state index in [2.05, 4.69) is 10.3 Å². The van der Waals surface area contributed by atoms with E-state index < -0.39 is 4.92 Å². The molecule has 1 atom stereocenters. The maximum atomic E-state index is 10.8. The maximum Gasteiger partial charge on any atom is 0.311 e. The van der Waals surface area contributed by atoms with Gasteiger partial charge in [-0.1, -0.05) is 25.4 Å². The topological polar surface area (TPSA) is 88.3 Å². The molecular weight excluding hydrogens is 258 g/mol. The van der Waals surface area contributed by atoms with Crippen molar-refractivity contribution in [2.45, 2.75) is 26.3 Å². The van der Waals surface area contributed by atoms with Crippen LogP contribution in [0.2, 0.25) is 5.15 Å². The molecule has 0 bridgehead atoms. The zero-order valence-corrected chi connectivity index (χ0v) is 11.0. The molecule has 7 heteroatoms. The first-order valence-electron chi connectivity index (χ1n) is 5.62. The molecule has 0 spiro atoms. The van der Waals surface area contributed by atoms with Crippen LogP contribution in [0.1, 0.15) is 20.3 Å². The minimum atomic E-state index is -0.532. The predicted molar refractivity (Wildman–Crippen MR) is 69.9 cm³/mol. The molecule has 0 saturated carbocycles. The summed E-state index contributed by atoms with van der Waals surface area (Å²) in [6.07, 6.45) is 0.682. The van der Waals surface area contributed by atoms with Gasteiger partial charge in [0.2, 0.25) is 5.82 Å². The minimum absolute atomic E-state index is 0.0900. The van der Waals surface area contributed by atoms with E-state index in [9.17, 15) is 15.2 Å². The maximum absolute atomic E-state index is 10.8. The van der Waals surface area contributed by atoms with Gasteiger partial charge in [-0.2, -0.15) is 0 Å². The predicted octanol–water partition coefficient (Wildman–Crippen LogP) is 2.46. The van der Waals surface area contributed by atoms with E-state index in [4.69, 9.17) is 11.6 Å². The summed E-state index contributed by atoms with van der Waals surface area (Å²) in [6, 6.07) is 2.37. The number of anilines is 1. The minimum Gasteiger partial charge on any atom is -0.394 e. The standard InChI is InChI=1S/C11H16ClN3O3/c1-7(2)5-8(6-16)13-11-9(15(17)18)3-4-10(12)14-11/h3-4,7-8,16H,5-6H2,1-2H3,(H,13,14). The second-order valence-electron chi connectivity index (χ2n) is 4.41. The molecule has 0 aromatic carbocycles. The van der Waals surface area contributed by atoms with E-state index in [1.165, 1.54) is 12.1 Å². The summed E-state index contributed by atoms with van der Waals surface area (Å²) in [5, 5.41) is 23.1. The van der Waals surface area contributed by atoms with Crippen molar-refractivity contribution in [3.63, 3.8) is 0 Å². The number of rotatable bonds is 6. The van der Waals surface area contributed by atoms with Gasteiger partial charge in [-0.15, -0.1) is 0 Å². The molecule has 1 aromatic rings. The highest BCUT2D eigenvalue weighted by atomic mass is 35.5. The molecule has 1 rings (SSSR count). The lowest BCUT2D eigenvalue weighted by Crippen LogP contribution is -2.26. The number of pyridine rings is 1. The summed E-state index contributed by atoms with van der Waals surface area (Å²) >= 11 is 5.72. The highest BCUT2D eigenvalue weighted by Crippen LogP contribution is 2.25. The number of hydrogen-bond acceptors (Lipinski definition) is 5. The first-order valence-corrected chi connectivity index (χ1v) is 6.00. The van der Waals surface area contributed by atoms with E-state index >= 15 is 0 Å². The number of hydrogen-bond donors (Lipinski definition) is 2. The van der Waals surface area contributed by atoms with Crippen LogP contribution >= 0.6 is 11.6 Å². The zero-order chi connectivity index (χ0) is 13.7. The Morgan fingerprint density at radius 2 is 2.22 bits per heavy atom. The Hall–Kier alpha value is -1.40.